The number of carbonyl (C=O) groups is 1. The number of aromatic nitrogens is 1. The molecule has 1 atom stereocenters. The summed E-state index contributed by atoms with van der Waals surface area (Å²) in [6.07, 6.45) is 5.67. The van der Waals surface area contributed by atoms with E-state index in [1.807, 2.05) is 0 Å². The van der Waals surface area contributed by atoms with Crippen LogP contribution in [0.1, 0.15) is 43.5 Å². The van der Waals surface area contributed by atoms with Crippen molar-refractivity contribution in [1.82, 2.24) is 24.6 Å². The van der Waals surface area contributed by atoms with Crippen LogP contribution in [0.15, 0.2) is 18.2 Å². The van der Waals surface area contributed by atoms with Gasteiger partial charge in [-0.05, 0) is 78.3 Å². The molecule has 0 unspecified atom stereocenters. The molecular weight excluding hydrogens is 374 g/mol. The molecule has 0 bridgehead atoms. The number of likely N-dealkylation sites (tertiary alicyclic amines) is 3. The highest BCUT2D eigenvalue weighted by Gasteiger charge is 2.35. The number of likely N-dealkylation sites (N-methyl/N-ethyl adjacent to an activating group) is 1. The van der Waals surface area contributed by atoms with Crippen LogP contribution in [0, 0.1) is 12.8 Å². The molecule has 166 valence electrons. The topological polar surface area (TPSA) is 42.9 Å². The number of hydrogen-bond acceptors (Lipinski definition) is 5. The molecule has 3 saturated heterocycles. The van der Waals surface area contributed by atoms with E-state index in [0.717, 1.165) is 70.8 Å². The minimum Gasteiger partial charge on any atom is -0.341 e. The number of pyridine rings is 1. The molecule has 3 aliphatic heterocycles. The van der Waals surface area contributed by atoms with Crippen molar-refractivity contribution in [1.29, 1.82) is 0 Å². The Labute approximate surface area is 182 Å². The Balaban J connectivity index is 1.19. The highest BCUT2D eigenvalue weighted by Crippen LogP contribution is 2.27. The minimum absolute atomic E-state index is 0.245. The molecule has 0 aliphatic carbocycles. The van der Waals surface area contributed by atoms with Crippen LogP contribution in [0.4, 0.5) is 0 Å². The van der Waals surface area contributed by atoms with Crippen LogP contribution in [-0.2, 0) is 11.3 Å². The van der Waals surface area contributed by atoms with Crippen molar-refractivity contribution in [3.05, 3.63) is 29.6 Å². The van der Waals surface area contributed by atoms with Crippen molar-refractivity contribution in [2.75, 3.05) is 53.4 Å². The molecule has 6 nitrogen and oxygen atoms in total. The van der Waals surface area contributed by atoms with Gasteiger partial charge in [0.1, 0.15) is 0 Å². The maximum Gasteiger partial charge on any atom is 0.225 e. The van der Waals surface area contributed by atoms with Crippen LogP contribution in [0.3, 0.4) is 0 Å². The van der Waals surface area contributed by atoms with E-state index in [4.69, 9.17) is 0 Å². The molecule has 0 aromatic carbocycles. The lowest BCUT2D eigenvalue weighted by Gasteiger charge is -2.42. The minimum atomic E-state index is 0.245. The number of rotatable bonds is 5. The van der Waals surface area contributed by atoms with Gasteiger partial charge in [0.2, 0.25) is 5.91 Å². The van der Waals surface area contributed by atoms with Gasteiger partial charge in [-0.15, -0.1) is 0 Å². The molecule has 0 spiro atoms. The Bertz CT molecular complexity index is 707. The van der Waals surface area contributed by atoms with E-state index in [1.165, 1.54) is 18.5 Å². The van der Waals surface area contributed by atoms with Crippen molar-refractivity contribution < 1.29 is 4.79 Å². The van der Waals surface area contributed by atoms with Crippen molar-refractivity contribution >= 4 is 5.91 Å². The van der Waals surface area contributed by atoms with Gasteiger partial charge in [-0.3, -0.25) is 14.7 Å². The van der Waals surface area contributed by atoms with Crippen molar-refractivity contribution in [3.63, 3.8) is 0 Å². The maximum atomic E-state index is 13.0. The molecule has 0 N–H and O–H groups in total. The van der Waals surface area contributed by atoms with Gasteiger partial charge in [-0.1, -0.05) is 6.07 Å². The van der Waals surface area contributed by atoms with E-state index < -0.39 is 0 Å². The standard InChI is InChI=1S/C24H39N5O/c1-19-5-4-6-21(25-19)17-27-12-9-22(10-13-27)28-14-7-20(8-15-28)24(30)29-16-11-23(18-29)26(2)3/h4-6,20,22-23H,7-18H2,1-3H3/t23-/m0/s1. The van der Waals surface area contributed by atoms with E-state index in [1.54, 1.807) is 0 Å². The van der Waals surface area contributed by atoms with Crippen LogP contribution in [0.25, 0.3) is 0 Å². The molecule has 1 amide bonds. The van der Waals surface area contributed by atoms with E-state index >= 15 is 0 Å². The van der Waals surface area contributed by atoms with Crippen molar-refractivity contribution in [2.24, 2.45) is 5.92 Å². The first-order valence-corrected chi connectivity index (χ1v) is 11.8. The lowest BCUT2D eigenvalue weighted by atomic mass is 9.92. The molecule has 4 heterocycles. The third-order valence-electron chi connectivity index (χ3n) is 7.49. The Morgan fingerprint density at radius 3 is 2.40 bits per heavy atom. The number of piperidine rings is 2. The summed E-state index contributed by atoms with van der Waals surface area (Å²) in [4.78, 5) is 27.2. The number of carbonyl (C=O) groups excluding carboxylic acids is 1. The fourth-order valence-electron chi connectivity index (χ4n) is 5.49. The molecule has 1 aromatic rings. The van der Waals surface area contributed by atoms with Gasteiger partial charge < -0.3 is 14.7 Å². The molecule has 1 aromatic heterocycles. The highest BCUT2D eigenvalue weighted by atomic mass is 16.2. The summed E-state index contributed by atoms with van der Waals surface area (Å²) in [5.41, 5.74) is 2.29. The van der Waals surface area contributed by atoms with Crippen LogP contribution in [-0.4, -0.2) is 95.9 Å². The first-order chi connectivity index (χ1) is 14.5. The zero-order valence-electron chi connectivity index (χ0n) is 19.1. The van der Waals surface area contributed by atoms with Gasteiger partial charge in [-0.25, -0.2) is 0 Å². The summed E-state index contributed by atoms with van der Waals surface area (Å²) >= 11 is 0. The second kappa shape index (κ2) is 9.75. The Morgan fingerprint density at radius 2 is 1.77 bits per heavy atom. The molecule has 0 saturated carbocycles. The lowest BCUT2D eigenvalue weighted by molar-refractivity contribution is -0.136. The zero-order valence-corrected chi connectivity index (χ0v) is 19.1. The van der Waals surface area contributed by atoms with E-state index in [-0.39, 0.29) is 5.92 Å². The SMILES string of the molecule is Cc1cccc(CN2CCC(N3CCC(C(=O)N4CC[C@H](N(C)C)C4)CC3)CC2)n1. The summed E-state index contributed by atoms with van der Waals surface area (Å²) in [5, 5.41) is 0. The average molecular weight is 414 g/mol. The Morgan fingerprint density at radius 1 is 1.03 bits per heavy atom. The second-order valence-corrected chi connectivity index (χ2v) is 9.78. The van der Waals surface area contributed by atoms with E-state index in [2.05, 4.69) is 63.8 Å². The Hall–Kier alpha value is -1.50. The molecule has 4 rings (SSSR count). The molecule has 3 aliphatic rings. The summed E-state index contributed by atoms with van der Waals surface area (Å²) in [5.74, 6) is 0.661. The molecule has 6 heteroatoms. The maximum absolute atomic E-state index is 13.0. The monoisotopic (exact) mass is 413 g/mol. The number of nitrogens with zero attached hydrogens (tertiary/aromatic N) is 5. The Kier molecular flexibility index (Phi) is 7.06. The molecular formula is C24H39N5O. The van der Waals surface area contributed by atoms with Crippen LogP contribution in [0.5, 0.6) is 0 Å². The summed E-state index contributed by atoms with van der Waals surface area (Å²) in [6.45, 7) is 9.37. The van der Waals surface area contributed by atoms with Crippen LogP contribution in [0.2, 0.25) is 0 Å². The predicted molar refractivity (Wildman–Crippen MR) is 120 cm³/mol. The van der Waals surface area contributed by atoms with Gasteiger partial charge in [0.15, 0.2) is 0 Å². The first kappa shape index (κ1) is 21.7. The van der Waals surface area contributed by atoms with Crippen LogP contribution >= 0.6 is 0 Å². The third kappa shape index (κ3) is 5.21. The molecule has 3 fully saturated rings. The summed E-state index contributed by atoms with van der Waals surface area (Å²) in [6, 6.07) is 7.54. The second-order valence-electron chi connectivity index (χ2n) is 9.78. The first-order valence-electron chi connectivity index (χ1n) is 11.8. The van der Waals surface area contributed by atoms with Gasteiger partial charge in [0.05, 0.1) is 5.69 Å². The quantitative estimate of drug-likeness (QED) is 0.741. The summed E-state index contributed by atoms with van der Waals surface area (Å²) in [7, 11) is 4.25. The van der Waals surface area contributed by atoms with Gasteiger partial charge >= 0.3 is 0 Å². The fourth-order valence-corrected chi connectivity index (χ4v) is 5.49. The van der Waals surface area contributed by atoms with E-state index in [9.17, 15) is 4.79 Å². The molecule has 30 heavy (non-hydrogen) atoms. The number of amides is 1. The molecule has 0 radical (unpaired) electrons. The fraction of sp³-hybridized carbons (Fsp3) is 0.750. The van der Waals surface area contributed by atoms with Gasteiger partial charge in [0.25, 0.3) is 0 Å². The van der Waals surface area contributed by atoms with E-state index in [0.29, 0.717) is 18.0 Å². The normalized spacial score (nSPS) is 25.3. The third-order valence-corrected chi connectivity index (χ3v) is 7.49. The van der Waals surface area contributed by atoms with Crippen molar-refractivity contribution in [2.45, 2.75) is 57.7 Å². The average Bonchev–Trinajstić information content (AvgIpc) is 3.25. The van der Waals surface area contributed by atoms with Gasteiger partial charge in [0, 0.05) is 56.4 Å². The zero-order chi connectivity index (χ0) is 21.1. The van der Waals surface area contributed by atoms with Crippen LogP contribution < -0.4 is 0 Å². The largest absolute Gasteiger partial charge is 0.341 e. The predicted octanol–water partition coefficient (Wildman–Crippen LogP) is 2.23. The summed E-state index contributed by atoms with van der Waals surface area (Å²) < 4.78 is 0. The number of aryl methyl sites for hydroxylation is 1. The van der Waals surface area contributed by atoms with Crippen molar-refractivity contribution in [3.8, 4) is 0 Å². The smallest absolute Gasteiger partial charge is 0.225 e. The van der Waals surface area contributed by atoms with Gasteiger partial charge in [-0.2, -0.15) is 0 Å². The highest BCUT2D eigenvalue weighted by molar-refractivity contribution is 5.79. The number of hydrogen-bond donors (Lipinski definition) is 0. The lowest BCUT2D eigenvalue weighted by Crippen LogP contribution is -2.49.